The number of rotatable bonds is 2. The van der Waals surface area contributed by atoms with Gasteiger partial charge in [-0.1, -0.05) is 11.6 Å². The van der Waals surface area contributed by atoms with E-state index in [9.17, 15) is 4.79 Å². The minimum atomic E-state index is -0.102. The Morgan fingerprint density at radius 2 is 2.32 bits per heavy atom. The Balaban J connectivity index is 0.00000176. The zero-order chi connectivity index (χ0) is 15.0. The molecule has 1 saturated heterocycles. The van der Waals surface area contributed by atoms with E-state index < -0.39 is 0 Å². The Morgan fingerprint density at radius 1 is 1.55 bits per heavy atom. The summed E-state index contributed by atoms with van der Waals surface area (Å²) < 4.78 is 11.0. The predicted molar refractivity (Wildman–Crippen MR) is 90.9 cm³/mol. The lowest BCUT2D eigenvalue weighted by Gasteiger charge is -2.34. The number of fused-ring (bicyclic) bond motifs is 1. The Morgan fingerprint density at radius 3 is 3.05 bits per heavy atom. The molecule has 2 N–H and O–H groups in total. The Kier molecular flexibility index (Phi) is 5.39. The number of carbonyl (C=O) groups excluding carboxylic acids is 1. The lowest BCUT2D eigenvalue weighted by atomic mass is 10.1. The van der Waals surface area contributed by atoms with Gasteiger partial charge in [-0.15, -0.1) is 12.4 Å². The number of aromatic nitrogens is 1. The van der Waals surface area contributed by atoms with Gasteiger partial charge < -0.3 is 15.4 Å². The summed E-state index contributed by atoms with van der Waals surface area (Å²) in [6, 6.07) is 5.99. The van der Waals surface area contributed by atoms with Crippen LogP contribution in [0.2, 0.25) is 0 Å². The summed E-state index contributed by atoms with van der Waals surface area (Å²) in [4.78, 5) is 14.5. The van der Waals surface area contributed by atoms with Crippen LogP contribution in [0.4, 0.5) is 0 Å². The number of aryl methyl sites for hydroxylation is 1. The molecule has 3 rings (SSSR count). The average Bonchev–Trinajstić information content (AvgIpc) is 2.89. The molecule has 0 radical (unpaired) electrons. The highest BCUT2D eigenvalue weighted by atomic mass is 35.5. The number of morpholine rings is 1. The fourth-order valence-electron chi connectivity index (χ4n) is 2.53. The van der Waals surface area contributed by atoms with Gasteiger partial charge in [0.05, 0.1) is 17.4 Å². The number of halogens is 1. The molecule has 2 atom stereocenters. The first kappa shape index (κ1) is 17.1. The zero-order valence-corrected chi connectivity index (χ0v) is 14.2. The first-order chi connectivity index (χ1) is 10.1. The molecule has 0 saturated carbocycles. The van der Waals surface area contributed by atoms with E-state index in [0.29, 0.717) is 25.4 Å². The monoisotopic (exact) mass is 341 g/mol. The average molecular weight is 342 g/mol. The Labute approximate surface area is 140 Å². The van der Waals surface area contributed by atoms with Gasteiger partial charge in [-0.25, -0.2) is 0 Å². The van der Waals surface area contributed by atoms with Gasteiger partial charge in [0.1, 0.15) is 5.69 Å². The van der Waals surface area contributed by atoms with Gasteiger partial charge in [-0.05, 0) is 37.5 Å². The smallest absolute Gasteiger partial charge is 0.274 e. The Bertz CT molecular complexity index is 674. The molecule has 22 heavy (non-hydrogen) atoms. The van der Waals surface area contributed by atoms with Crippen molar-refractivity contribution in [1.29, 1.82) is 0 Å². The maximum atomic E-state index is 12.7. The third kappa shape index (κ3) is 3.25. The van der Waals surface area contributed by atoms with Crippen LogP contribution >= 0.6 is 23.9 Å². The first-order valence-electron chi connectivity index (χ1n) is 7.09. The first-order valence-corrected chi connectivity index (χ1v) is 7.86. The van der Waals surface area contributed by atoms with Crippen molar-refractivity contribution in [3.05, 3.63) is 29.5 Å². The maximum Gasteiger partial charge on any atom is 0.274 e. The summed E-state index contributed by atoms with van der Waals surface area (Å²) in [5, 5.41) is 0.939. The number of benzene rings is 1. The van der Waals surface area contributed by atoms with Crippen molar-refractivity contribution in [2.45, 2.75) is 26.0 Å². The van der Waals surface area contributed by atoms with Crippen LogP contribution in [0.25, 0.3) is 10.1 Å². The molecule has 120 valence electrons. The molecule has 1 aromatic carbocycles. The summed E-state index contributed by atoms with van der Waals surface area (Å²) in [5.41, 5.74) is 7.56. The molecule has 0 spiro atoms. The standard InChI is InChI=1S/C15H19N3O2S.ClH/c1-9-3-4-13-11(7-9)14(17-21-13)15(19)18-5-6-20-12(8-18)10(2)16;/h3-4,7,10,12H,5-6,8,16H2,1-2H3;1H. The fourth-order valence-corrected chi connectivity index (χ4v) is 3.28. The molecule has 1 amide bonds. The summed E-state index contributed by atoms with van der Waals surface area (Å²) in [5.74, 6) is -0.0270. The minimum Gasteiger partial charge on any atom is -0.373 e. The Hall–Kier alpha value is -1.21. The van der Waals surface area contributed by atoms with E-state index in [4.69, 9.17) is 10.5 Å². The van der Waals surface area contributed by atoms with Gasteiger partial charge in [0.2, 0.25) is 0 Å². The number of amides is 1. The second-order valence-electron chi connectivity index (χ2n) is 5.55. The number of hydrogen-bond acceptors (Lipinski definition) is 5. The number of nitrogens with zero attached hydrogens (tertiary/aromatic N) is 2. The molecule has 2 unspecified atom stereocenters. The van der Waals surface area contributed by atoms with Crippen LogP contribution in [0, 0.1) is 6.92 Å². The lowest BCUT2D eigenvalue weighted by molar-refractivity contribution is -0.0300. The molecule has 1 fully saturated rings. The third-order valence-electron chi connectivity index (χ3n) is 3.80. The van der Waals surface area contributed by atoms with Gasteiger partial charge in [0.25, 0.3) is 5.91 Å². The van der Waals surface area contributed by atoms with Crippen LogP contribution in [-0.4, -0.2) is 47.0 Å². The molecule has 5 nitrogen and oxygen atoms in total. The molecule has 7 heteroatoms. The molecule has 0 bridgehead atoms. The van der Waals surface area contributed by atoms with Crippen LogP contribution in [0.5, 0.6) is 0 Å². The van der Waals surface area contributed by atoms with Crippen molar-refractivity contribution in [2.75, 3.05) is 19.7 Å². The zero-order valence-electron chi connectivity index (χ0n) is 12.6. The van der Waals surface area contributed by atoms with Crippen molar-refractivity contribution >= 4 is 39.9 Å². The summed E-state index contributed by atoms with van der Waals surface area (Å²) in [6.07, 6.45) is -0.102. The van der Waals surface area contributed by atoms with E-state index >= 15 is 0 Å². The van der Waals surface area contributed by atoms with Crippen molar-refractivity contribution in [3.8, 4) is 0 Å². The normalized spacial score (nSPS) is 19.8. The van der Waals surface area contributed by atoms with Crippen molar-refractivity contribution in [3.63, 3.8) is 0 Å². The lowest BCUT2D eigenvalue weighted by Crippen LogP contribution is -2.51. The second-order valence-corrected chi connectivity index (χ2v) is 6.36. The van der Waals surface area contributed by atoms with Crippen molar-refractivity contribution in [1.82, 2.24) is 9.27 Å². The third-order valence-corrected chi connectivity index (χ3v) is 4.62. The van der Waals surface area contributed by atoms with Gasteiger partial charge in [0, 0.05) is 24.5 Å². The van der Waals surface area contributed by atoms with Crippen LogP contribution < -0.4 is 5.73 Å². The molecular formula is C15H20ClN3O2S. The topological polar surface area (TPSA) is 68.5 Å². The number of carbonyl (C=O) groups is 1. The summed E-state index contributed by atoms with van der Waals surface area (Å²) >= 11 is 1.37. The van der Waals surface area contributed by atoms with E-state index in [1.807, 2.05) is 32.0 Å². The SMILES string of the molecule is Cc1ccc2snc(C(=O)N3CCOC(C(C)N)C3)c2c1.Cl. The molecule has 1 aliphatic rings. The minimum absolute atomic E-state index is 0. The molecule has 0 aliphatic carbocycles. The van der Waals surface area contributed by atoms with Gasteiger partial charge in [-0.2, -0.15) is 4.37 Å². The number of ether oxygens (including phenoxy) is 1. The highest BCUT2D eigenvalue weighted by Crippen LogP contribution is 2.25. The van der Waals surface area contributed by atoms with Gasteiger partial charge in [0.15, 0.2) is 0 Å². The van der Waals surface area contributed by atoms with E-state index in [1.165, 1.54) is 11.5 Å². The highest BCUT2D eigenvalue weighted by molar-refractivity contribution is 7.13. The van der Waals surface area contributed by atoms with Crippen LogP contribution in [0.1, 0.15) is 23.0 Å². The highest BCUT2D eigenvalue weighted by Gasteiger charge is 2.29. The number of hydrogen-bond donors (Lipinski definition) is 1. The number of nitrogens with two attached hydrogens (primary N) is 1. The fraction of sp³-hybridized carbons (Fsp3) is 0.467. The molecule has 1 aromatic heterocycles. The largest absolute Gasteiger partial charge is 0.373 e. The molecule has 2 heterocycles. The van der Waals surface area contributed by atoms with E-state index in [2.05, 4.69) is 4.37 Å². The van der Waals surface area contributed by atoms with Crippen LogP contribution in [-0.2, 0) is 4.74 Å². The predicted octanol–water partition coefficient (Wildman–Crippen LogP) is 2.21. The van der Waals surface area contributed by atoms with E-state index in [-0.39, 0.29) is 30.5 Å². The van der Waals surface area contributed by atoms with E-state index in [1.54, 1.807) is 4.90 Å². The van der Waals surface area contributed by atoms with Crippen molar-refractivity contribution in [2.24, 2.45) is 5.73 Å². The summed E-state index contributed by atoms with van der Waals surface area (Å²) in [7, 11) is 0. The van der Waals surface area contributed by atoms with Gasteiger partial charge >= 0.3 is 0 Å². The molecule has 1 aliphatic heterocycles. The summed E-state index contributed by atoms with van der Waals surface area (Å²) in [6.45, 7) is 5.57. The van der Waals surface area contributed by atoms with Crippen LogP contribution in [0.15, 0.2) is 18.2 Å². The van der Waals surface area contributed by atoms with Gasteiger partial charge in [-0.3, -0.25) is 4.79 Å². The second kappa shape index (κ2) is 6.91. The molecular weight excluding hydrogens is 322 g/mol. The van der Waals surface area contributed by atoms with Crippen LogP contribution in [0.3, 0.4) is 0 Å². The maximum absolute atomic E-state index is 12.7. The quantitative estimate of drug-likeness (QED) is 0.909. The van der Waals surface area contributed by atoms with Crippen molar-refractivity contribution < 1.29 is 9.53 Å². The van der Waals surface area contributed by atoms with E-state index in [0.717, 1.165) is 15.6 Å². The molecule has 2 aromatic rings.